The average Bonchev–Trinajstić information content (AvgIpc) is 2.26. The van der Waals surface area contributed by atoms with Crippen LogP contribution in [-0.2, 0) is 0 Å². The van der Waals surface area contributed by atoms with E-state index in [4.69, 9.17) is 4.74 Å². The van der Waals surface area contributed by atoms with Crippen LogP contribution in [0.15, 0.2) is 22.7 Å². The lowest BCUT2D eigenvalue weighted by atomic mass is 9.98. The van der Waals surface area contributed by atoms with Gasteiger partial charge in [0.05, 0.1) is 10.6 Å². The van der Waals surface area contributed by atoms with E-state index in [1.165, 1.54) is 35.7 Å². The van der Waals surface area contributed by atoms with E-state index in [2.05, 4.69) is 44.6 Å². The molecule has 0 aliphatic heterocycles. The van der Waals surface area contributed by atoms with Crippen LogP contribution in [0.1, 0.15) is 32.1 Å². The monoisotopic (exact) mass is 380 g/mol. The quantitative estimate of drug-likeness (QED) is 0.672. The summed E-state index contributed by atoms with van der Waals surface area (Å²) in [6.45, 7) is 0. The fourth-order valence-corrected chi connectivity index (χ4v) is 2.77. The van der Waals surface area contributed by atoms with Crippen LogP contribution in [0, 0.1) is 3.57 Å². The fraction of sp³-hybridized carbons (Fsp3) is 0.500. The molecule has 2 rings (SSSR count). The molecule has 0 bridgehead atoms. The predicted octanol–water partition coefficient (Wildman–Crippen LogP) is 4.77. The van der Waals surface area contributed by atoms with Crippen molar-refractivity contribution in [2.24, 2.45) is 0 Å². The number of hydrogen-bond donors (Lipinski definition) is 0. The molecule has 1 aromatic carbocycles. The van der Waals surface area contributed by atoms with Crippen LogP contribution in [-0.4, -0.2) is 6.10 Å². The molecule has 1 aliphatic rings. The minimum Gasteiger partial charge on any atom is -0.489 e. The van der Waals surface area contributed by atoms with Crippen LogP contribution < -0.4 is 4.74 Å². The van der Waals surface area contributed by atoms with Crippen molar-refractivity contribution in [3.63, 3.8) is 0 Å². The van der Waals surface area contributed by atoms with Gasteiger partial charge < -0.3 is 4.74 Å². The number of ether oxygens (including phenoxy) is 1. The van der Waals surface area contributed by atoms with Gasteiger partial charge in [-0.1, -0.05) is 12.5 Å². The molecule has 0 N–H and O–H groups in total. The minimum absolute atomic E-state index is 0.424. The van der Waals surface area contributed by atoms with E-state index >= 15 is 0 Å². The lowest BCUT2D eigenvalue weighted by Gasteiger charge is -2.23. The number of halogens is 2. The molecule has 0 radical (unpaired) electrons. The molecule has 1 fully saturated rings. The van der Waals surface area contributed by atoms with Gasteiger partial charge in [0, 0.05) is 3.57 Å². The third kappa shape index (κ3) is 3.09. The van der Waals surface area contributed by atoms with Gasteiger partial charge in [-0.2, -0.15) is 0 Å². The van der Waals surface area contributed by atoms with E-state index < -0.39 is 0 Å². The summed E-state index contributed by atoms with van der Waals surface area (Å²) in [4.78, 5) is 0. The molecule has 0 saturated heterocycles. The summed E-state index contributed by atoms with van der Waals surface area (Å²) in [5.41, 5.74) is 0. The Hall–Kier alpha value is 0.230. The molecule has 15 heavy (non-hydrogen) atoms. The molecule has 0 aromatic heterocycles. The maximum atomic E-state index is 6.02. The average molecular weight is 381 g/mol. The van der Waals surface area contributed by atoms with E-state index in [1.54, 1.807) is 0 Å². The van der Waals surface area contributed by atoms with Crippen molar-refractivity contribution in [1.29, 1.82) is 0 Å². The molecular weight excluding hydrogens is 367 g/mol. The van der Waals surface area contributed by atoms with Gasteiger partial charge in [0.25, 0.3) is 0 Å². The van der Waals surface area contributed by atoms with Crippen molar-refractivity contribution < 1.29 is 4.74 Å². The number of benzene rings is 1. The lowest BCUT2D eigenvalue weighted by molar-refractivity contribution is 0.154. The fourth-order valence-electron chi connectivity index (χ4n) is 1.94. The SMILES string of the molecule is Brc1c(I)cccc1OC1CCCCC1. The molecule has 3 heteroatoms. The van der Waals surface area contributed by atoms with E-state index in [0.717, 1.165) is 10.2 Å². The van der Waals surface area contributed by atoms with Crippen molar-refractivity contribution in [2.45, 2.75) is 38.2 Å². The van der Waals surface area contributed by atoms with Crippen molar-refractivity contribution in [3.05, 3.63) is 26.2 Å². The van der Waals surface area contributed by atoms with E-state index in [-0.39, 0.29) is 0 Å². The van der Waals surface area contributed by atoms with Gasteiger partial charge in [0.15, 0.2) is 0 Å². The first-order valence-electron chi connectivity index (χ1n) is 5.38. The highest BCUT2D eigenvalue weighted by Crippen LogP contribution is 2.32. The Morgan fingerprint density at radius 2 is 1.93 bits per heavy atom. The van der Waals surface area contributed by atoms with Gasteiger partial charge in [-0.15, -0.1) is 0 Å². The zero-order valence-electron chi connectivity index (χ0n) is 8.51. The van der Waals surface area contributed by atoms with Crippen molar-refractivity contribution in [1.82, 2.24) is 0 Å². The summed E-state index contributed by atoms with van der Waals surface area (Å²) in [5, 5.41) is 0. The molecular formula is C12H14BrIO. The zero-order valence-corrected chi connectivity index (χ0v) is 12.3. The van der Waals surface area contributed by atoms with E-state index in [1.807, 2.05) is 12.1 Å². The van der Waals surface area contributed by atoms with Crippen LogP contribution in [0.25, 0.3) is 0 Å². The van der Waals surface area contributed by atoms with Crippen LogP contribution in [0.5, 0.6) is 5.75 Å². The Labute approximate surface area is 113 Å². The summed E-state index contributed by atoms with van der Waals surface area (Å²) in [7, 11) is 0. The molecule has 0 heterocycles. The molecule has 1 saturated carbocycles. The van der Waals surface area contributed by atoms with E-state index in [9.17, 15) is 0 Å². The Kier molecular flexibility index (Phi) is 4.31. The smallest absolute Gasteiger partial charge is 0.134 e. The highest BCUT2D eigenvalue weighted by molar-refractivity contribution is 14.1. The van der Waals surface area contributed by atoms with Gasteiger partial charge in [0.2, 0.25) is 0 Å². The largest absolute Gasteiger partial charge is 0.489 e. The van der Waals surface area contributed by atoms with Gasteiger partial charge in [0.1, 0.15) is 5.75 Å². The topological polar surface area (TPSA) is 9.23 Å². The van der Waals surface area contributed by atoms with Gasteiger partial charge in [-0.3, -0.25) is 0 Å². The predicted molar refractivity (Wildman–Crippen MR) is 74.4 cm³/mol. The van der Waals surface area contributed by atoms with Crippen molar-refractivity contribution in [2.75, 3.05) is 0 Å². The standard InChI is InChI=1S/C12H14BrIO/c13-12-10(14)7-4-8-11(12)15-9-5-2-1-3-6-9/h4,7-9H,1-3,5-6H2. The molecule has 1 nitrogen and oxygen atoms in total. The molecule has 1 aromatic rings. The summed E-state index contributed by atoms with van der Waals surface area (Å²) in [6.07, 6.45) is 6.83. The Morgan fingerprint density at radius 1 is 1.20 bits per heavy atom. The second-order valence-electron chi connectivity index (χ2n) is 3.93. The maximum absolute atomic E-state index is 6.02. The van der Waals surface area contributed by atoms with Gasteiger partial charge in [-0.05, 0) is 76.3 Å². The van der Waals surface area contributed by atoms with Gasteiger partial charge >= 0.3 is 0 Å². The van der Waals surface area contributed by atoms with Crippen LogP contribution in [0.4, 0.5) is 0 Å². The molecule has 82 valence electrons. The number of hydrogen-bond acceptors (Lipinski definition) is 1. The summed E-state index contributed by atoms with van der Waals surface area (Å²) < 4.78 is 8.32. The first-order chi connectivity index (χ1) is 7.27. The third-order valence-electron chi connectivity index (χ3n) is 2.76. The van der Waals surface area contributed by atoms with Crippen LogP contribution in [0.3, 0.4) is 0 Å². The Balaban J connectivity index is 2.06. The lowest BCUT2D eigenvalue weighted by Crippen LogP contribution is -2.19. The summed E-state index contributed by atoms with van der Waals surface area (Å²) >= 11 is 5.89. The normalized spacial score (nSPS) is 17.7. The highest BCUT2D eigenvalue weighted by Gasteiger charge is 2.16. The first-order valence-corrected chi connectivity index (χ1v) is 7.25. The first kappa shape index (κ1) is 11.7. The molecule has 0 spiro atoms. The third-order valence-corrected chi connectivity index (χ3v) is 5.22. The summed E-state index contributed by atoms with van der Waals surface area (Å²) in [5.74, 6) is 0.994. The zero-order chi connectivity index (χ0) is 10.7. The van der Waals surface area contributed by atoms with Crippen LogP contribution >= 0.6 is 38.5 Å². The Morgan fingerprint density at radius 3 is 2.67 bits per heavy atom. The Bertz CT molecular complexity index is 334. The summed E-state index contributed by atoms with van der Waals surface area (Å²) in [6, 6.07) is 6.17. The highest BCUT2D eigenvalue weighted by atomic mass is 127. The number of rotatable bonds is 2. The van der Waals surface area contributed by atoms with Crippen LogP contribution in [0.2, 0.25) is 0 Å². The van der Waals surface area contributed by atoms with E-state index in [0.29, 0.717) is 6.10 Å². The second-order valence-corrected chi connectivity index (χ2v) is 5.89. The minimum atomic E-state index is 0.424. The molecule has 1 aliphatic carbocycles. The maximum Gasteiger partial charge on any atom is 0.134 e. The molecule has 0 amide bonds. The van der Waals surface area contributed by atoms with Crippen molar-refractivity contribution in [3.8, 4) is 5.75 Å². The van der Waals surface area contributed by atoms with Gasteiger partial charge in [-0.25, -0.2) is 0 Å². The molecule has 0 unspecified atom stereocenters. The molecule has 0 atom stereocenters. The second kappa shape index (κ2) is 5.53. The van der Waals surface area contributed by atoms with Crippen molar-refractivity contribution >= 4 is 38.5 Å².